The van der Waals surface area contributed by atoms with Crippen molar-refractivity contribution in [1.29, 1.82) is 0 Å². The summed E-state index contributed by atoms with van der Waals surface area (Å²) in [5.41, 5.74) is 3.35. The van der Waals surface area contributed by atoms with Crippen LogP contribution in [0.1, 0.15) is 29.8 Å². The molecule has 1 N–H and O–H groups in total. The molecule has 4 rings (SSSR count). The number of anilines is 1. The highest BCUT2D eigenvalue weighted by molar-refractivity contribution is 7.89. The summed E-state index contributed by atoms with van der Waals surface area (Å²) >= 11 is 0. The molecule has 9 heteroatoms. The van der Waals surface area contributed by atoms with Gasteiger partial charge in [0.1, 0.15) is 27.8 Å². The monoisotopic (exact) mass is 492 g/mol. The van der Waals surface area contributed by atoms with Gasteiger partial charge < -0.3 is 10.1 Å². The molecule has 182 valence electrons. The Hall–Kier alpha value is -3.69. The minimum atomic E-state index is -3.84. The van der Waals surface area contributed by atoms with Crippen LogP contribution < -0.4 is 10.1 Å². The molecule has 0 radical (unpaired) electrons. The fourth-order valence-electron chi connectivity index (χ4n) is 4.02. The Labute approximate surface area is 205 Å². The third-order valence-corrected chi connectivity index (χ3v) is 7.94. The van der Waals surface area contributed by atoms with E-state index in [0.717, 1.165) is 16.8 Å². The van der Waals surface area contributed by atoms with Gasteiger partial charge in [0.25, 0.3) is 5.91 Å². The second-order valence-electron chi connectivity index (χ2n) is 7.97. The molecule has 0 saturated carbocycles. The highest BCUT2D eigenvalue weighted by atomic mass is 32.2. The summed E-state index contributed by atoms with van der Waals surface area (Å²) in [6.45, 7) is 6.10. The molecule has 2 aromatic heterocycles. The number of hydrogen-bond donors (Lipinski definition) is 1. The Bertz CT molecular complexity index is 1480. The lowest BCUT2D eigenvalue weighted by atomic mass is 10.1. The molecular weight excluding hydrogens is 464 g/mol. The zero-order chi connectivity index (χ0) is 25.2. The number of methoxy groups -OCH3 is 1. The molecule has 8 nitrogen and oxygen atoms in total. The maximum Gasteiger partial charge on any atom is 0.256 e. The predicted octanol–water partition coefficient (Wildman–Crippen LogP) is 4.60. The van der Waals surface area contributed by atoms with E-state index < -0.39 is 15.9 Å². The number of fused-ring (bicyclic) bond motifs is 1. The molecule has 0 fully saturated rings. The summed E-state index contributed by atoms with van der Waals surface area (Å²) in [5, 5.41) is 2.96. The summed E-state index contributed by atoms with van der Waals surface area (Å²) in [6.07, 6.45) is 1.83. The molecule has 4 aromatic rings. The SMILES string of the molecule is CCN(CC)S(=O)(=O)c1cc(C(=O)Nc2c(-c3ccccc3)nc3c(C)cccn23)ccc1OC. The Morgan fingerprint density at radius 1 is 1.06 bits per heavy atom. The normalized spacial score (nSPS) is 11.7. The molecule has 35 heavy (non-hydrogen) atoms. The molecule has 0 spiro atoms. The number of aromatic nitrogens is 2. The van der Waals surface area contributed by atoms with Crippen LogP contribution in [-0.2, 0) is 10.0 Å². The number of carbonyl (C=O) groups excluding carboxylic acids is 1. The van der Waals surface area contributed by atoms with Crippen LogP contribution in [0.2, 0.25) is 0 Å². The Balaban J connectivity index is 1.80. The zero-order valence-electron chi connectivity index (χ0n) is 20.1. The van der Waals surface area contributed by atoms with Crippen LogP contribution in [0, 0.1) is 6.92 Å². The second kappa shape index (κ2) is 9.89. The van der Waals surface area contributed by atoms with E-state index in [1.54, 1.807) is 19.9 Å². The third-order valence-electron chi connectivity index (χ3n) is 5.87. The van der Waals surface area contributed by atoms with E-state index in [2.05, 4.69) is 5.32 Å². The molecule has 2 aromatic carbocycles. The van der Waals surface area contributed by atoms with Crippen LogP contribution in [-0.4, -0.2) is 48.2 Å². The lowest BCUT2D eigenvalue weighted by Gasteiger charge is -2.20. The largest absolute Gasteiger partial charge is 0.495 e. The lowest BCUT2D eigenvalue weighted by molar-refractivity contribution is 0.102. The van der Waals surface area contributed by atoms with Crippen LogP contribution in [0.5, 0.6) is 5.75 Å². The minimum Gasteiger partial charge on any atom is -0.495 e. The fraction of sp³-hybridized carbons (Fsp3) is 0.231. The van der Waals surface area contributed by atoms with Crippen molar-refractivity contribution in [2.24, 2.45) is 0 Å². The minimum absolute atomic E-state index is 0.0476. The fourth-order valence-corrected chi connectivity index (χ4v) is 5.66. The average Bonchev–Trinajstić information content (AvgIpc) is 3.24. The molecule has 0 saturated heterocycles. The van der Waals surface area contributed by atoms with Gasteiger partial charge in [-0.2, -0.15) is 4.31 Å². The Morgan fingerprint density at radius 2 is 1.77 bits per heavy atom. The van der Waals surface area contributed by atoms with Crippen molar-refractivity contribution >= 4 is 27.4 Å². The zero-order valence-corrected chi connectivity index (χ0v) is 21.0. The molecule has 1 amide bonds. The maximum atomic E-state index is 13.4. The number of sulfonamides is 1. The van der Waals surface area contributed by atoms with E-state index >= 15 is 0 Å². The molecule has 2 heterocycles. The number of carbonyl (C=O) groups is 1. The van der Waals surface area contributed by atoms with Crippen LogP contribution in [0.3, 0.4) is 0 Å². The predicted molar refractivity (Wildman–Crippen MR) is 136 cm³/mol. The summed E-state index contributed by atoms with van der Waals surface area (Å²) in [7, 11) is -2.44. The Morgan fingerprint density at radius 3 is 2.43 bits per heavy atom. The van der Waals surface area contributed by atoms with Crippen LogP contribution in [0.15, 0.2) is 71.8 Å². The molecule has 0 unspecified atom stereocenters. The molecular formula is C26H28N4O4S. The summed E-state index contributed by atoms with van der Waals surface area (Å²) in [4.78, 5) is 18.1. The van der Waals surface area contributed by atoms with Gasteiger partial charge in [-0.1, -0.05) is 50.2 Å². The van der Waals surface area contributed by atoms with Crippen LogP contribution >= 0.6 is 0 Å². The van der Waals surface area contributed by atoms with Gasteiger partial charge in [-0.15, -0.1) is 0 Å². The van der Waals surface area contributed by atoms with Gasteiger partial charge in [0.15, 0.2) is 0 Å². The standard InChI is InChI=1S/C26H28N4O4S/c1-5-29(6-2)35(32,33)22-17-20(14-15-21(22)34-4)26(31)28-25-23(19-12-8-7-9-13-19)27-24-18(3)11-10-16-30(24)25/h7-17H,5-6H2,1-4H3,(H,28,31). The first-order chi connectivity index (χ1) is 16.8. The number of hydrogen-bond acceptors (Lipinski definition) is 5. The summed E-state index contributed by atoms with van der Waals surface area (Å²) in [6, 6.07) is 17.8. The van der Waals surface area contributed by atoms with Gasteiger partial charge >= 0.3 is 0 Å². The molecule has 0 aliphatic heterocycles. The topological polar surface area (TPSA) is 93.0 Å². The third kappa shape index (κ3) is 4.52. The van der Waals surface area contributed by atoms with Gasteiger partial charge in [-0.05, 0) is 36.8 Å². The van der Waals surface area contributed by atoms with Gasteiger partial charge in [-0.25, -0.2) is 13.4 Å². The first-order valence-corrected chi connectivity index (χ1v) is 12.8. The average molecular weight is 493 g/mol. The van der Waals surface area contributed by atoms with Crippen molar-refractivity contribution in [3.63, 3.8) is 0 Å². The molecule has 0 bridgehead atoms. The number of pyridine rings is 1. The highest BCUT2D eigenvalue weighted by Gasteiger charge is 2.27. The number of ether oxygens (including phenoxy) is 1. The molecule has 0 atom stereocenters. The highest BCUT2D eigenvalue weighted by Crippen LogP contribution is 2.32. The number of amides is 1. The van der Waals surface area contributed by atoms with Gasteiger partial charge in [0.05, 0.1) is 7.11 Å². The van der Waals surface area contributed by atoms with Gasteiger partial charge in [-0.3, -0.25) is 9.20 Å². The van der Waals surface area contributed by atoms with Crippen LogP contribution in [0.25, 0.3) is 16.9 Å². The van der Waals surface area contributed by atoms with E-state index in [4.69, 9.17) is 9.72 Å². The number of rotatable bonds is 8. The van der Waals surface area contributed by atoms with Crippen molar-refractivity contribution in [3.8, 4) is 17.0 Å². The number of nitrogens with zero attached hydrogens (tertiary/aromatic N) is 3. The van der Waals surface area contributed by atoms with Crippen molar-refractivity contribution in [3.05, 3.63) is 78.0 Å². The molecule has 0 aliphatic carbocycles. The van der Waals surface area contributed by atoms with Gasteiger partial charge in [0.2, 0.25) is 10.0 Å². The van der Waals surface area contributed by atoms with Crippen LogP contribution in [0.4, 0.5) is 5.82 Å². The number of benzene rings is 2. The number of aryl methyl sites for hydroxylation is 1. The van der Waals surface area contributed by atoms with Crippen molar-refractivity contribution in [2.75, 3.05) is 25.5 Å². The first kappa shape index (κ1) is 24.4. The van der Waals surface area contributed by atoms with E-state index in [1.807, 2.05) is 60.0 Å². The first-order valence-electron chi connectivity index (χ1n) is 11.3. The van der Waals surface area contributed by atoms with Crippen molar-refractivity contribution in [1.82, 2.24) is 13.7 Å². The second-order valence-corrected chi connectivity index (χ2v) is 9.88. The van der Waals surface area contributed by atoms with E-state index in [-0.39, 0.29) is 16.2 Å². The van der Waals surface area contributed by atoms with Crippen molar-refractivity contribution < 1.29 is 17.9 Å². The van der Waals surface area contributed by atoms with E-state index in [1.165, 1.54) is 23.5 Å². The summed E-state index contributed by atoms with van der Waals surface area (Å²) < 4.78 is 34.9. The quantitative estimate of drug-likeness (QED) is 0.388. The van der Waals surface area contributed by atoms with E-state index in [0.29, 0.717) is 24.6 Å². The van der Waals surface area contributed by atoms with E-state index in [9.17, 15) is 13.2 Å². The lowest BCUT2D eigenvalue weighted by Crippen LogP contribution is -2.31. The maximum absolute atomic E-state index is 13.4. The molecule has 0 aliphatic rings. The Kier molecular flexibility index (Phi) is 6.90. The smallest absolute Gasteiger partial charge is 0.256 e. The van der Waals surface area contributed by atoms with Crippen molar-refractivity contribution in [2.45, 2.75) is 25.7 Å². The number of imidazole rings is 1. The number of nitrogens with one attached hydrogen (secondary N) is 1. The summed E-state index contributed by atoms with van der Waals surface area (Å²) in [5.74, 6) is 0.233. The van der Waals surface area contributed by atoms with Gasteiger partial charge in [0, 0.05) is 30.4 Å².